The molecule has 94 valence electrons. The van der Waals surface area contributed by atoms with Crippen molar-refractivity contribution in [3.8, 4) is 5.69 Å². The summed E-state index contributed by atoms with van der Waals surface area (Å²) >= 11 is 0. The van der Waals surface area contributed by atoms with Gasteiger partial charge in [0.05, 0.1) is 0 Å². The van der Waals surface area contributed by atoms with Crippen LogP contribution in [0.2, 0.25) is 0 Å². The summed E-state index contributed by atoms with van der Waals surface area (Å²) in [4.78, 5) is 11.7. The Balaban J connectivity index is 2.16. The molecule has 0 saturated heterocycles. The van der Waals surface area contributed by atoms with Gasteiger partial charge in [0.15, 0.2) is 0 Å². The van der Waals surface area contributed by atoms with Gasteiger partial charge in [-0.25, -0.2) is 0 Å². The number of nitrogens with one attached hydrogen (secondary N) is 1. The van der Waals surface area contributed by atoms with Gasteiger partial charge in [-0.15, -0.1) is 0 Å². The van der Waals surface area contributed by atoms with Crippen LogP contribution in [0.4, 0.5) is 5.69 Å². The van der Waals surface area contributed by atoms with Gasteiger partial charge in [-0.2, -0.15) is 0 Å². The van der Waals surface area contributed by atoms with Crippen LogP contribution in [0, 0.1) is 5.92 Å². The lowest BCUT2D eigenvalue weighted by Gasteiger charge is -2.11. The van der Waals surface area contributed by atoms with E-state index in [0.29, 0.717) is 6.54 Å². The molecule has 1 heterocycles. The number of aromatic nitrogens is 1. The van der Waals surface area contributed by atoms with Gasteiger partial charge in [0, 0.05) is 36.2 Å². The maximum absolute atomic E-state index is 11.7. The van der Waals surface area contributed by atoms with Crippen LogP contribution in [0.1, 0.15) is 6.92 Å². The van der Waals surface area contributed by atoms with E-state index in [0.717, 1.165) is 11.4 Å². The quantitative estimate of drug-likeness (QED) is 0.863. The summed E-state index contributed by atoms with van der Waals surface area (Å²) in [6.07, 6.45) is 3.92. The second kappa shape index (κ2) is 5.51. The topological polar surface area (TPSA) is 60.1 Å². The highest BCUT2D eigenvalue weighted by Crippen LogP contribution is 2.15. The van der Waals surface area contributed by atoms with Crippen molar-refractivity contribution >= 4 is 11.6 Å². The van der Waals surface area contributed by atoms with Crippen LogP contribution in [0.3, 0.4) is 0 Å². The molecule has 1 aromatic heterocycles. The molecule has 0 aliphatic heterocycles. The summed E-state index contributed by atoms with van der Waals surface area (Å²) in [5.74, 6) is -0.234. The lowest BCUT2D eigenvalue weighted by molar-refractivity contribution is -0.119. The van der Waals surface area contributed by atoms with Crippen molar-refractivity contribution < 1.29 is 4.79 Å². The Morgan fingerprint density at radius 2 is 2.06 bits per heavy atom. The summed E-state index contributed by atoms with van der Waals surface area (Å²) < 4.78 is 1.99. The zero-order valence-corrected chi connectivity index (χ0v) is 10.3. The fourth-order valence-corrected chi connectivity index (χ4v) is 1.62. The molecule has 2 rings (SSSR count). The number of nitrogens with zero attached hydrogens (tertiary/aromatic N) is 1. The van der Waals surface area contributed by atoms with Gasteiger partial charge in [0.2, 0.25) is 5.91 Å². The second-order valence-corrected chi connectivity index (χ2v) is 4.27. The predicted octanol–water partition coefficient (Wildman–Crippen LogP) is 2.01. The SMILES string of the molecule is CC(CN)C(=O)Nc1cccc(-n2cccc2)c1. The van der Waals surface area contributed by atoms with E-state index in [9.17, 15) is 4.79 Å². The summed E-state index contributed by atoms with van der Waals surface area (Å²) in [6, 6.07) is 11.6. The number of nitrogens with two attached hydrogens (primary N) is 1. The Hall–Kier alpha value is -2.07. The number of benzene rings is 1. The van der Waals surface area contributed by atoms with Crippen LogP contribution >= 0.6 is 0 Å². The molecule has 3 N–H and O–H groups in total. The van der Waals surface area contributed by atoms with Crippen LogP contribution in [0.25, 0.3) is 5.69 Å². The largest absolute Gasteiger partial charge is 0.330 e. The van der Waals surface area contributed by atoms with Gasteiger partial charge >= 0.3 is 0 Å². The normalized spacial score (nSPS) is 12.1. The molecule has 0 spiro atoms. The molecule has 4 nitrogen and oxygen atoms in total. The molecule has 1 amide bonds. The minimum Gasteiger partial charge on any atom is -0.330 e. The minimum atomic E-state index is -0.180. The predicted molar refractivity (Wildman–Crippen MR) is 72.6 cm³/mol. The highest BCUT2D eigenvalue weighted by Gasteiger charge is 2.10. The molecule has 0 saturated carbocycles. The number of anilines is 1. The van der Waals surface area contributed by atoms with Crippen molar-refractivity contribution in [1.29, 1.82) is 0 Å². The summed E-state index contributed by atoms with van der Waals surface area (Å²) in [5.41, 5.74) is 7.26. The van der Waals surface area contributed by atoms with Crippen LogP contribution in [0.15, 0.2) is 48.8 Å². The van der Waals surface area contributed by atoms with Crippen LogP contribution in [-0.2, 0) is 4.79 Å². The third-order valence-electron chi connectivity index (χ3n) is 2.82. The van der Waals surface area contributed by atoms with Gasteiger partial charge in [-0.1, -0.05) is 13.0 Å². The standard InChI is InChI=1S/C14H17N3O/c1-11(10-15)14(18)16-12-5-4-6-13(9-12)17-7-2-3-8-17/h2-9,11H,10,15H2,1H3,(H,16,18). The first-order valence-electron chi connectivity index (χ1n) is 5.95. The van der Waals surface area contributed by atoms with Crippen LogP contribution < -0.4 is 11.1 Å². The second-order valence-electron chi connectivity index (χ2n) is 4.27. The number of amides is 1. The first kappa shape index (κ1) is 12.4. The monoisotopic (exact) mass is 243 g/mol. The van der Waals surface area contributed by atoms with Crippen LogP contribution in [0.5, 0.6) is 0 Å². The van der Waals surface area contributed by atoms with Gasteiger partial charge in [-0.3, -0.25) is 4.79 Å². The molecule has 1 aromatic carbocycles. The molecular weight excluding hydrogens is 226 g/mol. The lowest BCUT2D eigenvalue weighted by atomic mass is 10.1. The maximum atomic E-state index is 11.7. The number of carbonyl (C=O) groups is 1. The van der Waals surface area contributed by atoms with E-state index in [-0.39, 0.29) is 11.8 Å². The first-order valence-corrected chi connectivity index (χ1v) is 5.95. The minimum absolute atomic E-state index is 0.0536. The van der Waals surface area contributed by atoms with E-state index in [1.165, 1.54) is 0 Å². The smallest absolute Gasteiger partial charge is 0.228 e. The van der Waals surface area contributed by atoms with E-state index in [1.54, 1.807) is 0 Å². The van der Waals surface area contributed by atoms with Gasteiger partial charge in [0.1, 0.15) is 0 Å². The molecule has 0 radical (unpaired) electrons. The highest BCUT2D eigenvalue weighted by atomic mass is 16.1. The lowest BCUT2D eigenvalue weighted by Crippen LogP contribution is -2.26. The van der Waals surface area contributed by atoms with Crippen molar-refractivity contribution in [2.45, 2.75) is 6.92 Å². The third kappa shape index (κ3) is 2.78. The highest BCUT2D eigenvalue weighted by molar-refractivity contribution is 5.92. The van der Waals surface area contributed by atoms with Crippen molar-refractivity contribution in [3.63, 3.8) is 0 Å². The maximum Gasteiger partial charge on any atom is 0.228 e. The average Bonchev–Trinajstić information content (AvgIpc) is 2.92. The molecule has 4 heteroatoms. The van der Waals surface area contributed by atoms with Gasteiger partial charge < -0.3 is 15.6 Å². The Morgan fingerprint density at radius 1 is 1.33 bits per heavy atom. The van der Waals surface area contributed by atoms with E-state index in [1.807, 2.05) is 60.3 Å². The summed E-state index contributed by atoms with van der Waals surface area (Å²) in [5, 5.41) is 2.86. The molecule has 1 atom stereocenters. The summed E-state index contributed by atoms with van der Waals surface area (Å²) in [6.45, 7) is 2.16. The van der Waals surface area contributed by atoms with Crippen molar-refractivity contribution in [2.75, 3.05) is 11.9 Å². The molecule has 0 fully saturated rings. The van der Waals surface area contributed by atoms with Crippen molar-refractivity contribution in [1.82, 2.24) is 4.57 Å². The number of rotatable bonds is 4. The van der Waals surface area contributed by atoms with Crippen LogP contribution in [-0.4, -0.2) is 17.0 Å². The Bertz CT molecular complexity index is 520. The Morgan fingerprint density at radius 3 is 2.72 bits per heavy atom. The molecule has 1 unspecified atom stereocenters. The number of carbonyl (C=O) groups excluding carboxylic acids is 1. The van der Waals surface area contributed by atoms with E-state index in [4.69, 9.17) is 5.73 Å². The Labute approximate surface area is 106 Å². The molecule has 0 bridgehead atoms. The number of hydrogen-bond acceptors (Lipinski definition) is 2. The first-order chi connectivity index (χ1) is 8.70. The van der Waals surface area contributed by atoms with E-state index in [2.05, 4.69) is 5.32 Å². The summed E-state index contributed by atoms with van der Waals surface area (Å²) in [7, 11) is 0. The average molecular weight is 243 g/mol. The fourth-order valence-electron chi connectivity index (χ4n) is 1.62. The van der Waals surface area contributed by atoms with Crippen molar-refractivity contribution in [3.05, 3.63) is 48.8 Å². The molecule has 0 aliphatic rings. The Kier molecular flexibility index (Phi) is 3.79. The molecule has 18 heavy (non-hydrogen) atoms. The van der Waals surface area contributed by atoms with Crippen molar-refractivity contribution in [2.24, 2.45) is 11.7 Å². The molecule has 0 aliphatic carbocycles. The third-order valence-corrected chi connectivity index (χ3v) is 2.82. The zero-order chi connectivity index (χ0) is 13.0. The molecular formula is C14H17N3O. The van der Waals surface area contributed by atoms with E-state index < -0.39 is 0 Å². The number of hydrogen-bond donors (Lipinski definition) is 2. The fraction of sp³-hybridized carbons (Fsp3) is 0.214. The molecule has 2 aromatic rings. The zero-order valence-electron chi connectivity index (χ0n) is 10.3. The van der Waals surface area contributed by atoms with Gasteiger partial charge in [0.25, 0.3) is 0 Å². The van der Waals surface area contributed by atoms with E-state index >= 15 is 0 Å². The van der Waals surface area contributed by atoms with Gasteiger partial charge in [-0.05, 0) is 30.3 Å².